The van der Waals surface area contributed by atoms with Crippen molar-refractivity contribution in [2.75, 3.05) is 5.33 Å². The van der Waals surface area contributed by atoms with Crippen LogP contribution in [-0.4, -0.2) is 5.33 Å². The molecule has 0 amide bonds. The van der Waals surface area contributed by atoms with Gasteiger partial charge in [0, 0.05) is 14.3 Å². The van der Waals surface area contributed by atoms with Crippen LogP contribution >= 0.6 is 47.8 Å². The first kappa shape index (κ1) is 10.5. The van der Waals surface area contributed by atoms with Crippen molar-refractivity contribution in [2.24, 2.45) is 0 Å². The third kappa shape index (κ3) is 3.42. The van der Waals surface area contributed by atoms with Gasteiger partial charge < -0.3 is 0 Å². The Morgan fingerprint density at radius 1 is 1.25 bits per heavy atom. The van der Waals surface area contributed by atoms with Crippen LogP contribution in [-0.2, 0) is 0 Å². The topological polar surface area (TPSA) is 0 Å². The van der Waals surface area contributed by atoms with E-state index in [1.807, 2.05) is 12.1 Å². The Kier molecular flexibility index (Phi) is 4.54. The minimum Gasteiger partial charge on any atom is -0.0870 e. The lowest BCUT2D eigenvalue weighted by atomic mass is 10.2. The van der Waals surface area contributed by atoms with Crippen LogP contribution in [0.2, 0.25) is 0 Å². The minimum absolute atomic E-state index is 0.850. The predicted octanol–water partition coefficient (Wildman–Crippen LogP) is 4.58. The van der Waals surface area contributed by atoms with E-state index in [0.717, 1.165) is 14.3 Å². The average Bonchev–Trinajstić information content (AvgIpc) is 2.09. The average molecular weight is 355 g/mol. The van der Waals surface area contributed by atoms with Crippen molar-refractivity contribution in [1.82, 2.24) is 0 Å². The maximum absolute atomic E-state index is 3.43. The number of benzene rings is 1. The maximum atomic E-state index is 3.43. The third-order valence-corrected chi connectivity index (χ3v) is 3.72. The Balaban J connectivity index is 2.84. The van der Waals surface area contributed by atoms with Crippen LogP contribution in [0.4, 0.5) is 0 Å². The van der Waals surface area contributed by atoms with Crippen LogP contribution < -0.4 is 0 Å². The van der Waals surface area contributed by atoms with E-state index < -0.39 is 0 Å². The number of hydrogen-bond acceptors (Lipinski definition) is 0. The van der Waals surface area contributed by atoms with Gasteiger partial charge in [-0.3, -0.25) is 0 Å². The summed E-state index contributed by atoms with van der Waals surface area (Å²) in [6.07, 6.45) is 2.08. The molecule has 0 aromatic heterocycles. The molecule has 0 aliphatic rings. The smallest absolute Gasteiger partial charge is 0.0349 e. The Morgan fingerprint density at radius 3 is 2.33 bits per heavy atom. The number of allylic oxidation sites excluding steroid dienone is 1. The van der Waals surface area contributed by atoms with Gasteiger partial charge in [0.25, 0.3) is 0 Å². The molecule has 0 fully saturated rings. The molecule has 0 saturated carbocycles. The number of halogens is 3. The summed E-state index contributed by atoms with van der Waals surface area (Å²) in [5.74, 6) is 0. The van der Waals surface area contributed by atoms with E-state index in [9.17, 15) is 0 Å². The molecule has 0 unspecified atom stereocenters. The third-order valence-electron chi connectivity index (χ3n) is 1.32. The van der Waals surface area contributed by atoms with E-state index in [2.05, 4.69) is 66.0 Å². The highest BCUT2D eigenvalue weighted by molar-refractivity contribution is 9.13. The monoisotopic (exact) mass is 352 g/mol. The number of rotatable bonds is 2. The lowest BCUT2D eigenvalue weighted by Gasteiger charge is -1.95. The van der Waals surface area contributed by atoms with Gasteiger partial charge in [0.1, 0.15) is 0 Å². The fourth-order valence-electron chi connectivity index (χ4n) is 0.778. The zero-order valence-electron chi connectivity index (χ0n) is 6.23. The summed E-state index contributed by atoms with van der Waals surface area (Å²) in [6.45, 7) is 0. The van der Waals surface area contributed by atoms with Crippen LogP contribution in [0.1, 0.15) is 5.56 Å². The van der Waals surface area contributed by atoms with Gasteiger partial charge in [-0.25, -0.2) is 0 Å². The summed E-state index contributed by atoms with van der Waals surface area (Å²) >= 11 is 10.2. The molecule has 0 bridgehead atoms. The van der Waals surface area contributed by atoms with Crippen LogP contribution in [0.3, 0.4) is 0 Å². The SMILES string of the molecule is BrC/C(Br)=C/c1ccc(Br)cc1. The quantitative estimate of drug-likeness (QED) is 0.682. The van der Waals surface area contributed by atoms with Crippen LogP contribution in [0.15, 0.2) is 33.2 Å². The van der Waals surface area contributed by atoms with Gasteiger partial charge in [-0.05, 0) is 23.8 Å². The molecule has 1 rings (SSSR count). The van der Waals surface area contributed by atoms with Crippen LogP contribution in [0.25, 0.3) is 6.08 Å². The normalized spacial score (nSPS) is 11.8. The molecule has 0 radical (unpaired) electrons. The molecule has 0 atom stereocenters. The minimum atomic E-state index is 0.850. The molecule has 12 heavy (non-hydrogen) atoms. The van der Waals surface area contributed by atoms with Crippen molar-refractivity contribution in [1.29, 1.82) is 0 Å². The van der Waals surface area contributed by atoms with Gasteiger partial charge in [-0.2, -0.15) is 0 Å². The van der Waals surface area contributed by atoms with Gasteiger partial charge in [0.05, 0.1) is 0 Å². The van der Waals surface area contributed by atoms with E-state index in [1.165, 1.54) is 5.56 Å². The van der Waals surface area contributed by atoms with Gasteiger partial charge in [-0.15, -0.1) is 0 Å². The molecule has 0 nitrogen and oxygen atoms in total. The zero-order chi connectivity index (χ0) is 8.97. The molecule has 0 spiro atoms. The van der Waals surface area contributed by atoms with Gasteiger partial charge in [-0.1, -0.05) is 59.9 Å². The van der Waals surface area contributed by atoms with Gasteiger partial charge in [0.2, 0.25) is 0 Å². The molecule has 0 saturated heterocycles. The molecule has 1 aromatic carbocycles. The highest BCUT2D eigenvalue weighted by atomic mass is 79.9. The van der Waals surface area contributed by atoms with Crippen molar-refractivity contribution in [3.63, 3.8) is 0 Å². The zero-order valence-corrected chi connectivity index (χ0v) is 11.0. The molecule has 0 aliphatic carbocycles. The predicted molar refractivity (Wildman–Crippen MR) is 64.8 cm³/mol. The first-order chi connectivity index (χ1) is 5.72. The molecular formula is C9H7Br3. The molecule has 3 heteroatoms. The molecule has 64 valence electrons. The Hall–Kier alpha value is 0.400. The number of hydrogen-bond donors (Lipinski definition) is 0. The number of alkyl halides is 1. The summed E-state index contributed by atoms with van der Waals surface area (Å²) < 4.78 is 2.25. The Bertz CT molecular complexity index is 274. The summed E-state index contributed by atoms with van der Waals surface area (Å²) in [4.78, 5) is 0. The van der Waals surface area contributed by atoms with Crippen molar-refractivity contribution >= 4 is 53.9 Å². The Morgan fingerprint density at radius 2 is 1.83 bits per heavy atom. The summed E-state index contributed by atoms with van der Waals surface area (Å²) in [7, 11) is 0. The van der Waals surface area contributed by atoms with Crippen molar-refractivity contribution in [2.45, 2.75) is 0 Å². The summed E-state index contributed by atoms with van der Waals surface area (Å²) in [5.41, 5.74) is 1.20. The second kappa shape index (κ2) is 5.20. The van der Waals surface area contributed by atoms with E-state index in [0.29, 0.717) is 0 Å². The molecular weight excluding hydrogens is 348 g/mol. The second-order valence-electron chi connectivity index (χ2n) is 2.28. The maximum Gasteiger partial charge on any atom is 0.0349 e. The van der Waals surface area contributed by atoms with E-state index >= 15 is 0 Å². The first-order valence-corrected chi connectivity index (χ1v) is 6.10. The second-order valence-corrected chi connectivity index (χ2v) is 4.77. The van der Waals surface area contributed by atoms with Crippen molar-refractivity contribution in [3.05, 3.63) is 38.8 Å². The summed E-state index contributed by atoms with van der Waals surface area (Å²) in [6, 6.07) is 8.18. The van der Waals surface area contributed by atoms with Gasteiger partial charge in [0.15, 0.2) is 0 Å². The largest absolute Gasteiger partial charge is 0.0870 e. The molecule has 0 N–H and O–H groups in total. The molecule has 1 aromatic rings. The summed E-state index contributed by atoms with van der Waals surface area (Å²) in [5, 5.41) is 0.850. The van der Waals surface area contributed by atoms with E-state index in [1.54, 1.807) is 0 Å². The van der Waals surface area contributed by atoms with Crippen molar-refractivity contribution in [3.8, 4) is 0 Å². The van der Waals surface area contributed by atoms with Gasteiger partial charge >= 0.3 is 0 Å². The fraction of sp³-hybridized carbons (Fsp3) is 0.111. The molecule has 0 heterocycles. The highest BCUT2D eigenvalue weighted by Crippen LogP contribution is 2.16. The first-order valence-electron chi connectivity index (χ1n) is 3.40. The lowest BCUT2D eigenvalue weighted by molar-refractivity contribution is 1.60. The fourth-order valence-corrected chi connectivity index (χ4v) is 1.47. The van der Waals surface area contributed by atoms with E-state index in [4.69, 9.17) is 0 Å². The Labute approximate surface area is 97.4 Å². The lowest BCUT2D eigenvalue weighted by Crippen LogP contribution is -1.74. The van der Waals surface area contributed by atoms with Crippen LogP contribution in [0, 0.1) is 0 Å². The van der Waals surface area contributed by atoms with Crippen molar-refractivity contribution < 1.29 is 0 Å². The highest BCUT2D eigenvalue weighted by Gasteiger charge is 1.90. The van der Waals surface area contributed by atoms with E-state index in [-0.39, 0.29) is 0 Å². The van der Waals surface area contributed by atoms with Crippen LogP contribution in [0.5, 0.6) is 0 Å². The standard InChI is InChI=1S/C9H7Br3/c10-6-9(12)5-7-1-3-8(11)4-2-7/h1-5H,6H2/b9-5-. The molecule has 0 aliphatic heterocycles.